The second-order valence-electron chi connectivity index (χ2n) is 6.72. The molecule has 1 aliphatic heterocycles. The van der Waals surface area contributed by atoms with Gasteiger partial charge in [-0.15, -0.1) is 0 Å². The topological polar surface area (TPSA) is 96.4 Å². The van der Waals surface area contributed by atoms with Crippen LogP contribution in [0.15, 0.2) is 24.9 Å². The summed E-state index contributed by atoms with van der Waals surface area (Å²) in [6.45, 7) is 10.6. The first-order valence-corrected chi connectivity index (χ1v) is 8.12. The minimum Gasteiger partial charge on any atom is -0.464 e. The van der Waals surface area contributed by atoms with E-state index >= 15 is 0 Å². The Morgan fingerprint density at radius 3 is 2.54 bits per heavy atom. The van der Waals surface area contributed by atoms with Crippen LogP contribution in [0.25, 0.3) is 0 Å². The molecule has 0 N–H and O–H groups in total. The van der Waals surface area contributed by atoms with E-state index in [0.717, 1.165) is 4.57 Å². The smallest absolute Gasteiger partial charge is 0.419 e. The molecular weight excluding hydrogens is 342 g/mol. The molecule has 2 atom stereocenters. The van der Waals surface area contributed by atoms with E-state index in [4.69, 9.17) is 18.9 Å². The maximum absolute atomic E-state index is 12.4. The zero-order valence-corrected chi connectivity index (χ0v) is 15.5. The third-order valence-corrected chi connectivity index (χ3v) is 3.67. The number of epoxide rings is 1. The lowest BCUT2D eigenvalue weighted by Crippen LogP contribution is -2.28. The zero-order valence-electron chi connectivity index (χ0n) is 15.5. The predicted octanol–water partition coefficient (Wildman–Crippen LogP) is 2.62. The van der Waals surface area contributed by atoms with Gasteiger partial charge in [-0.05, 0) is 39.8 Å². The molecule has 0 unspecified atom stereocenters. The number of esters is 2. The predicted molar refractivity (Wildman–Crippen MR) is 90.8 cm³/mol. The van der Waals surface area contributed by atoms with Crippen molar-refractivity contribution in [3.63, 3.8) is 0 Å². The zero-order chi connectivity index (χ0) is 19.7. The summed E-state index contributed by atoms with van der Waals surface area (Å²) < 4.78 is 21.6. The van der Waals surface area contributed by atoms with Crippen molar-refractivity contribution >= 4 is 18.0 Å². The van der Waals surface area contributed by atoms with Crippen molar-refractivity contribution in [1.29, 1.82) is 0 Å². The molecule has 2 rings (SSSR count). The van der Waals surface area contributed by atoms with E-state index in [0.29, 0.717) is 5.56 Å². The second-order valence-corrected chi connectivity index (χ2v) is 6.72. The van der Waals surface area contributed by atoms with Gasteiger partial charge in [0.25, 0.3) is 0 Å². The molecule has 26 heavy (non-hydrogen) atoms. The fourth-order valence-electron chi connectivity index (χ4n) is 2.46. The van der Waals surface area contributed by atoms with Gasteiger partial charge in [-0.2, -0.15) is 0 Å². The monoisotopic (exact) mass is 365 g/mol. The molecule has 0 amide bonds. The van der Waals surface area contributed by atoms with Crippen molar-refractivity contribution in [2.24, 2.45) is 0 Å². The van der Waals surface area contributed by atoms with Crippen LogP contribution in [-0.4, -0.2) is 47.5 Å². The summed E-state index contributed by atoms with van der Waals surface area (Å²) in [5.41, 5.74) is -1.68. The fourth-order valence-corrected chi connectivity index (χ4v) is 2.46. The highest BCUT2D eigenvalue weighted by Crippen LogP contribution is 2.51. The first-order chi connectivity index (χ1) is 12.1. The second kappa shape index (κ2) is 6.95. The Morgan fingerprint density at radius 1 is 1.38 bits per heavy atom. The van der Waals surface area contributed by atoms with Gasteiger partial charge in [-0.3, -0.25) is 0 Å². The molecule has 0 spiro atoms. The van der Waals surface area contributed by atoms with Crippen molar-refractivity contribution in [1.82, 2.24) is 4.57 Å². The van der Waals surface area contributed by atoms with E-state index < -0.39 is 35.3 Å². The van der Waals surface area contributed by atoms with Crippen LogP contribution in [0.1, 0.15) is 49.9 Å². The van der Waals surface area contributed by atoms with Crippen molar-refractivity contribution in [2.45, 2.75) is 45.0 Å². The summed E-state index contributed by atoms with van der Waals surface area (Å²) in [7, 11) is 1.20. The number of hydrogen-bond donors (Lipinski definition) is 0. The maximum Gasteiger partial charge on any atom is 0.419 e. The quantitative estimate of drug-likeness (QED) is 0.342. The minimum absolute atomic E-state index is 0.0333. The molecule has 1 aromatic heterocycles. The molecule has 1 fully saturated rings. The molecule has 8 nitrogen and oxygen atoms in total. The van der Waals surface area contributed by atoms with E-state index in [2.05, 4.69) is 6.58 Å². The summed E-state index contributed by atoms with van der Waals surface area (Å²) in [5.74, 6) is -1.30. The highest BCUT2D eigenvalue weighted by atomic mass is 16.7. The molecule has 0 radical (unpaired) electrons. The summed E-state index contributed by atoms with van der Waals surface area (Å²) in [6.07, 6.45) is 1.27. The third kappa shape index (κ3) is 3.65. The van der Waals surface area contributed by atoms with Crippen LogP contribution in [0.2, 0.25) is 0 Å². The number of hydrogen-bond acceptors (Lipinski definition) is 7. The summed E-state index contributed by atoms with van der Waals surface area (Å²) in [4.78, 5) is 36.6. The molecule has 142 valence electrons. The van der Waals surface area contributed by atoms with Crippen LogP contribution in [-0.2, 0) is 23.7 Å². The van der Waals surface area contributed by atoms with Gasteiger partial charge < -0.3 is 18.9 Å². The molecule has 0 saturated carbocycles. The van der Waals surface area contributed by atoms with Crippen LogP contribution in [0.5, 0.6) is 0 Å². The van der Waals surface area contributed by atoms with Crippen molar-refractivity contribution in [2.75, 3.05) is 13.7 Å². The van der Waals surface area contributed by atoms with Gasteiger partial charge in [-0.25, -0.2) is 19.0 Å². The molecule has 1 aliphatic rings. The van der Waals surface area contributed by atoms with Gasteiger partial charge in [0.05, 0.1) is 13.7 Å². The Balaban J connectivity index is 2.37. The fraction of sp³-hybridized carbons (Fsp3) is 0.500. The van der Waals surface area contributed by atoms with Gasteiger partial charge >= 0.3 is 18.0 Å². The van der Waals surface area contributed by atoms with Gasteiger partial charge in [0.15, 0.2) is 0 Å². The van der Waals surface area contributed by atoms with Gasteiger partial charge in [0, 0.05) is 11.8 Å². The van der Waals surface area contributed by atoms with Crippen molar-refractivity contribution in [3.8, 4) is 0 Å². The average Bonchev–Trinajstić information content (AvgIpc) is 3.15. The number of rotatable bonds is 5. The number of carbonyl (C=O) groups is 3. The summed E-state index contributed by atoms with van der Waals surface area (Å²) in [5, 5.41) is 0. The van der Waals surface area contributed by atoms with Crippen LogP contribution >= 0.6 is 0 Å². The highest BCUT2D eigenvalue weighted by Gasteiger charge is 2.63. The Labute approximate surface area is 151 Å². The summed E-state index contributed by atoms with van der Waals surface area (Å²) in [6, 6.07) is 1.42. The van der Waals surface area contributed by atoms with E-state index in [1.54, 1.807) is 27.7 Å². The third-order valence-electron chi connectivity index (χ3n) is 3.67. The van der Waals surface area contributed by atoms with Crippen LogP contribution in [0.4, 0.5) is 4.79 Å². The lowest BCUT2D eigenvalue weighted by atomic mass is 10.0. The van der Waals surface area contributed by atoms with E-state index in [9.17, 15) is 14.4 Å². The van der Waals surface area contributed by atoms with E-state index in [1.807, 2.05) is 0 Å². The molecule has 1 saturated heterocycles. The molecule has 8 heteroatoms. The molecule has 1 aromatic rings. The number of nitrogens with zero attached hydrogens (tertiary/aromatic N) is 1. The molecular formula is C18H23NO7. The van der Waals surface area contributed by atoms with Crippen molar-refractivity contribution < 1.29 is 33.3 Å². The van der Waals surface area contributed by atoms with E-state index in [-0.39, 0.29) is 12.3 Å². The van der Waals surface area contributed by atoms with Gasteiger partial charge in [-0.1, -0.05) is 6.58 Å². The standard InChI is InChI=1S/C18H23NO7/c1-7-18(15(21)24-8-2)13(25-18)11-9-12(14(20)23-6)19(10-11)16(22)26-17(3,4)5/h7,9-10,13H,1,8H2,2-6H3/t13-,18+/m0/s1. The van der Waals surface area contributed by atoms with Crippen LogP contribution in [0, 0.1) is 0 Å². The first kappa shape index (κ1) is 19.7. The normalized spacial score (nSPS) is 21.7. The number of methoxy groups -OCH3 is 1. The SMILES string of the molecule is C=C[C@@]1(C(=O)OCC)O[C@H]1c1cc(C(=O)OC)n(C(=O)OC(C)(C)C)c1. The minimum atomic E-state index is -1.33. The maximum atomic E-state index is 12.4. The lowest BCUT2D eigenvalue weighted by molar-refractivity contribution is -0.147. The molecule has 0 aromatic carbocycles. The Kier molecular flexibility index (Phi) is 5.27. The Hall–Kier alpha value is -2.61. The molecule has 2 heterocycles. The summed E-state index contributed by atoms with van der Waals surface area (Å²) >= 11 is 0. The first-order valence-electron chi connectivity index (χ1n) is 8.12. The number of aromatic nitrogens is 1. The largest absolute Gasteiger partial charge is 0.464 e. The molecule has 0 bridgehead atoms. The number of ether oxygens (including phenoxy) is 4. The molecule has 0 aliphatic carbocycles. The number of carbonyl (C=O) groups excluding carboxylic acids is 3. The Morgan fingerprint density at radius 2 is 2.04 bits per heavy atom. The highest BCUT2D eigenvalue weighted by molar-refractivity contribution is 5.93. The van der Waals surface area contributed by atoms with E-state index in [1.165, 1.54) is 25.4 Å². The van der Waals surface area contributed by atoms with Crippen LogP contribution < -0.4 is 0 Å². The van der Waals surface area contributed by atoms with Gasteiger partial charge in [0.1, 0.15) is 17.4 Å². The van der Waals surface area contributed by atoms with Crippen LogP contribution in [0.3, 0.4) is 0 Å². The van der Waals surface area contributed by atoms with Crippen molar-refractivity contribution in [3.05, 3.63) is 36.2 Å². The average molecular weight is 365 g/mol. The lowest BCUT2D eigenvalue weighted by Gasteiger charge is -2.20. The Bertz CT molecular complexity index is 743. The van der Waals surface area contributed by atoms with Gasteiger partial charge in [0.2, 0.25) is 5.60 Å².